The molecule has 9 heteroatoms. The second-order valence-electron chi connectivity index (χ2n) is 8.27. The van der Waals surface area contributed by atoms with Crippen molar-refractivity contribution in [2.24, 2.45) is 5.92 Å². The van der Waals surface area contributed by atoms with Gasteiger partial charge in [0.2, 0.25) is 5.91 Å². The van der Waals surface area contributed by atoms with Crippen LogP contribution in [0.4, 0.5) is 24.5 Å². The van der Waals surface area contributed by atoms with E-state index in [-0.39, 0.29) is 5.69 Å². The van der Waals surface area contributed by atoms with E-state index in [0.717, 1.165) is 32.6 Å². The Hall–Kier alpha value is -3.17. The Morgan fingerprint density at radius 1 is 0.882 bits per heavy atom. The van der Waals surface area contributed by atoms with Gasteiger partial charge in [-0.2, -0.15) is 13.2 Å². The van der Waals surface area contributed by atoms with Crippen molar-refractivity contribution in [3.8, 4) is 0 Å². The van der Waals surface area contributed by atoms with E-state index in [4.69, 9.17) is 4.84 Å². The molecule has 3 aromatic carbocycles. The fourth-order valence-electron chi connectivity index (χ4n) is 4.43. The standard InChI is InChI=1S/C25H18BrF3N2O3/c1-14-8-10-15(11-9-14)21-20-22(34-31(21)19-7-3-5-17(26)13-19)24(33)30(23(20)32)18-6-2-4-16(12-18)25(27,28)29/h2-13,20-22H,1H3. The van der Waals surface area contributed by atoms with Crippen LogP contribution in [-0.2, 0) is 20.6 Å². The van der Waals surface area contributed by atoms with Gasteiger partial charge in [-0.1, -0.05) is 57.9 Å². The zero-order valence-corrected chi connectivity index (χ0v) is 19.4. The maximum absolute atomic E-state index is 13.6. The number of imide groups is 1. The number of alkyl halides is 3. The number of nitrogens with zero attached hydrogens (tertiary/aromatic N) is 2. The Labute approximate surface area is 201 Å². The van der Waals surface area contributed by atoms with Crippen LogP contribution in [0.15, 0.2) is 77.3 Å². The third-order valence-electron chi connectivity index (χ3n) is 6.03. The molecule has 3 unspecified atom stereocenters. The van der Waals surface area contributed by atoms with Gasteiger partial charge in [0, 0.05) is 4.47 Å². The number of anilines is 2. The number of fused-ring (bicyclic) bond motifs is 1. The average Bonchev–Trinajstić information content (AvgIpc) is 3.30. The van der Waals surface area contributed by atoms with Gasteiger partial charge in [-0.25, -0.2) is 9.96 Å². The van der Waals surface area contributed by atoms with Gasteiger partial charge in [0.1, 0.15) is 5.92 Å². The fraction of sp³-hybridized carbons (Fsp3) is 0.200. The number of carbonyl (C=O) groups excluding carboxylic acids is 2. The predicted octanol–water partition coefficient (Wildman–Crippen LogP) is 5.83. The third kappa shape index (κ3) is 3.78. The summed E-state index contributed by atoms with van der Waals surface area (Å²) in [5, 5.41) is 1.55. The van der Waals surface area contributed by atoms with Crippen molar-refractivity contribution in [2.45, 2.75) is 25.2 Å². The molecule has 0 saturated carbocycles. The molecule has 2 aliphatic heterocycles. The molecule has 2 amide bonds. The monoisotopic (exact) mass is 530 g/mol. The molecule has 3 aromatic rings. The summed E-state index contributed by atoms with van der Waals surface area (Å²) in [5.41, 5.74) is 1.35. The van der Waals surface area contributed by atoms with Gasteiger partial charge in [0.15, 0.2) is 6.10 Å². The van der Waals surface area contributed by atoms with Crippen LogP contribution in [0.2, 0.25) is 0 Å². The van der Waals surface area contributed by atoms with E-state index in [1.807, 2.05) is 49.4 Å². The quantitative estimate of drug-likeness (QED) is 0.400. The second-order valence-corrected chi connectivity index (χ2v) is 9.19. The smallest absolute Gasteiger partial charge is 0.273 e. The molecule has 3 atom stereocenters. The van der Waals surface area contributed by atoms with Crippen LogP contribution >= 0.6 is 15.9 Å². The van der Waals surface area contributed by atoms with E-state index in [2.05, 4.69) is 15.9 Å². The Morgan fingerprint density at radius 2 is 1.56 bits per heavy atom. The summed E-state index contributed by atoms with van der Waals surface area (Å²) in [4.78, 5) is 33.7. The number of hydrogen-bond donors (Lipinski definition) is 0. The van der Waals surface area contributed by atoms with Gasteiger partial charge >= 0.3 is 6.18 Å². The Balaban J connectivity index is 1.57. The normalized spacial score (nSPS) is 22.4. The summed E-state index contributed by atoms with van der Waals surface area (Å²) in [6.45, 7) is 1.93. The van der Waals surface area contributed by atoms with Crippen molar-refractivity contribution in [1.29, 1.82) is 0 Å². The van der Waals surface area contributed by atoms with Gasteiger partial charge in [0.05, 0.1) is 23.0 Å². The molecule has 0 aliphatic carbocycles. The van der Waals surface area contributed by atoms with Crippen molar-refractivity contribution in [3.05, 3.63) is 94.0 Å². The lowest BCUT2D eigenvalue weighted by molar-refractivity contribution is -0.137. The van der Waals surface area contributed by atoms with Gasteiger partial charge in [-0.05, 0) is 48.9 Å². The second kappa shape index (κ2) is 8.25. The minimum atomic E-state index is -4.60. The van der Waals surface area contributed by atoms with E-state index >= 15 is 0 Å². The molecule has 0 bridgehead atoms. The van der Waals surface area contributed by atoms with Gasteiger partial charge in [-0.3, -0.25) is 14.4 Å². The molecule has 5 rings (SSSR count). The van der Waals surface area contributed by atoms with Crippen LogP contribution in [-0.4, -0.2) is 17.9 Å². The number of rotatable bonds is 3. The highest BCUT2D eigenvalue weighted by molar-refractivity contribution is 9.10. The topological polar surface area (TPSA) is 49.9 Å². The van der Waals surface area contributed by atoms with E-state index < -0.39 is 41.6 Å². The van der Waals surface area contributed by atoms with Crippen LogP contribution < -0.4 is 9.96 Å². The first-order valence-electron chi connectivity index (χ1n) is 10.5. The van der Waals surface area contributed by atoms with E-state index in [1.54, 1.807) is 11.1 Å². The minimum Gasteiger partial charge on any atom is -0.273 e. The molecule has 0 spiro atoms. The predicted molar refractivity (Wildman–Crippen MR) is 123 cm³/mol. The van der Waals surface area contributed by atoms with Crippen LogP contribution in [0.25, 0.3) is 0 Å². The molecule has 2 saturated heterocycles. The molecule has 5 nitrogen and oxygen atoms in total. The molecule has 2 heterocycles. The summed E-state index contributed by atoms with van der Waals surface area (Å²) >= 11 is 3.43. The van der Waals surface area contributed by atoms with Gasteiger partial charge in [0.25, 0.3) is 5.91 Å². The number of aryl methyl sites for hydroxylation is 1. The Kier molecular flexibility index (Phi) is 5.49. The Bertz CT molecular complexity index is 1280. The highest BCUT2D eigenvalue weighted by Crippen LogP contribution is 2.48. The number of benzene rings is 3. The zero-order valence-electron chi connectivity index (χ0n) is 17.8. The summed E-state index contributed by atoms with van der Waals surface area (Å²) in [6, 6.07) is 18.3. The van der Waals surface area contributed by atoms with Crippen molar-refractivity contribution in [1.82, 2.24) is 0 Å². The number of carbonyl (C=O) groups is 2. The minimum absolute atomic E-state index is 0.125. The molecule has 2 fully saturated rings. The van der Waals surface area contributed by atoms with Gasteiger partial charge in [-0.15, -0.1) is 0 Å². The fourth-order valence-corrected chi connectivity index (χ4v) is 4.82. The summed E-state index contributed by atoms with van der Waals surface area (Å²) < 4.78 is 40.5. The molecule has 34 heavy (non-hydrogen) atoms. The lowest BCUT2D eigenvalue weighted by Gasteiger charge is -2.29. The maximum atomic E-state index is 13.6. The van der Waals surface area contributed by atoms with Crippen LogP contribution in [0.3, 0.4) is 0 Å². The molecule has 0 N–H and O–H groups in total. The largest absolute Gasteiger partial charge is 0.416 e. The van der Waals surface area contributed by atoms with E-state index in [1.165, 1.54) is 12.1 Å². The van der Waals surface area contributed by atoms with E-state index in [0.29, 0.717) is 5.69 Å². The SMILES string of the molecule is Cc1ccc(C2C3C(=O)N(c4cccc(C(F)(F)F)c4)C(=O)C3ON2c2cccc(Br)c2)cc1. The molecule has 174 valence electrons. The lowest BCUT2D eigenvalue weighted by Crippen LogP contribution is -2.37. The van der Waals surface area contributed by atoms with Crippen LogP contribution in [0.1, 0.15) is 22.7 Å². The van der Waals surface area contributed by atoms with Crippen molar-refractivity contribution >= 4 is 39.1 Å². The first kappa shape index (κ1) is 22.6. The van der Waals surface area contributed by atoms with Crippen LogP contribution in [0, 0.1) is 12.8 Å². The van der Waals surface area contributed by atoms with Crippen molar-refractivity contribution < 1.29 is 27.6 Å². The molecule has 0 aromatic heterocycles. The van der Waals surface area contributed by atoms with Crippen molar-refractivity contribution in [3.63, 3.8) is 0 Å². The first-order valence-corrected chi connectivity index (χ1v) is 11.3. The molecular weight excluding hydrogens is 513 g/mol. The highest BCUT2D eigenvalue weighted by Gasteiger charge is 2.60. The third-order valence-corrected chi connectivity index (χ3v) is 6.52. The molecule has 2 aliphatic rings. The summed E-state index contributed by atoms with van der Waals surface area (Å²) in [5.74, 6) is -2.22. The van der Waals surface area contributed by atoms with Crippen molar-refractivity contribution in [2.75, 3.05) is 9.96 Å². The lowest BCUT2D eigenvalue weighted by atomic mass is 9.90. The molecule has 0 radical (unpaired) electrons. The zero-order chi connectivity index (χ0) is 24.2. The van der Waals surface area contributed by atoms with E-state index in [9.17, 15) is 22.8 Å². The highest BCUT2D eigenvalue weighted by atomic mass is 79.9. The maximum Gasteiger partial charge on any atom is 0.416 e. The number of hydroxylamine groups is 1. The average molecular weight is 531 g/mol. The van der Waals surface area contributed by atoms with Crippen LogP contribution in [0.5, 0.6) is 0 Å². The first-order chi connectivity index (χ1) is 16.1. The summed E-state index contributed by atoms with van der Waals surface area (Å²) in [7, 11) is 0. The summed E-state index contributed by atoms with van der Waals surface area (Å²) in [6.07, 6.45) is -5.76. The van der Waals surface area contributed by atoms with Gasteiger partial charge < -0.3 is 0 Å². The number of amides is 2. The number of hydrogen-bond acceptors (Lipinski definition) is 4. The Morgan fingerprint density at radius 3 is 2.24 bits per heavy atom. The number of halogens is 4. The molecular formula is C25H18BrF3N2O3.